The zero-order chi connectivity index (χ0) is 25.4. The number of anilines is 3. The largest absolute Gasteiger partial charge is 0.495 e. The Balaban J connectivity index is 1.48. The molecular weight excluding hydrogens is 486 g/mol. The zero-order valence-corrected chi connectivity index (χ0v) is 21.2. The number of methoxy groups -OCH3 is 3. The SMILES string of the molecule is CCn1nc(Nc2cc3onc(NS(=O)(=O)c4c(OC)cccc4OC)c3cc2OC)cc1C1CC1. The van der Waals surface area contributed by atoms with Crippen molar-refractivity contribution in [2.45, 2.75) is 37.1 Å². The molecule has 1 saturated carbocycles. The Kier molecular flexibility index (Phi) is 6.12. The van der Waals surface area contributed by atoms with Crippen molar-refractivity contribution in [3.63, 3.8) is 0 Å². The van der Waals surface area contributed by atoms with Crippen LogP contribution in [-0.2, 0) is 16.6 Å². The molecule has 190 valence electrons. The van der Waals surface area contributed by atoms with Gasteiger partial charge in [-0.15, -0.1) is 0 Å². The minimum atomic E-state index is -4.14. The summed E-state index contributed by atoms with van der Waals surface area (Å²) in [7, 11) is 0.164. The highest BCUT2D eigenvalue weighted by atomic mass is 32.2. The van der Waals surface area contributed by atoms with Crippen molar-refractivity contribution in [2.75, 3.05) is 31.4 Å². The molecule has 0 atom stereocenters. The van der Waals surface area contributed by atoms with Crippen molar-refractivity contribution in [1.82, 2.24) is 14.9 Å². The lowest BCUT2D eigenvalue weighted by atomic mass is 10.2. The molecule has 0 spiro atoms. The molecule has 0 aliphatic heterocycles. The molecule has 2 aromatic heterocycles. The van der Waals surface area contributed by atoms with Crippen molar-refractivity contribution >= 4 is 38.3 Å². The van der Waals surface area contributed by atoms with E-state index in [-0.39, 0.29) is 22.2 Å². The highest BCUT2D eigenvalue weighted by Crippen LogP contribution is 2.42. The van der Waals surface area contributed by atoms with Gasteiger partial charge in [-0.2, -0.15) is 5.10 Å². The van der Waals surface area contributed by atoms with Gasteiger partial charge in [-0.3, -0.25) is 9.40 Å². The van der Waals surface area contributed by atoms with Gasteiger partial charge in [-0.25, -0.2) is 8.42 Å². The van der Waals surface area contributed by atoms with E-state index in [4.69, 9.17) is 18.7 Å². The lowest BCUT2D eigenvalue weighted by molar-refractivity contribution is 0.373. The van der Waals surface area contributed by atoms with Crippen LogP contribution in [0.25, 0.3) is 11.0 Å². The van der Waals surface area contributed by atoms with Gasteiger partial charge in [0, 0.05) is 30.3 Å². The molecule has 0 saturated heterocycles. The van der Waals surface area contributed by atoms with E-state index in [2.05, 4.69) is 27.2 Å². The predicted octanol–water partition coefficient (Wildman–Crippen LogP) is 4.49. The highest BCUT2D eigenvalue weighted by molar-refractivity contribution is 7.93. The summed E-state index contributed by atoms with van der Waals surface area (Å²) in [4.78, 5) is -0.144. The topological polar surface area (TPSA) is 130 Å². The second-order valence-corrected chi connectivity index (χ2v) is 9.97. The molecule has 4 aromatic rings. The smallest absolute Gasteiger partial charge is 0.270 e. The van der Waals surface area contributed by atoms with Gasteiger partial charge < -0.3 is 24.1 Å². The van der Waals surface area contributed by atoms with Crippen LogP contribution >= 0.6 is 0 Å². The number of nitrogens with one attached hydrogen (secondary N) is 2. The summed E-state index contributed by atoms with van der Waals surface area (Å²) in [5.74, 6) is 2.00. The first kappa shape index (κ1) is 23.8. The Labute approximate surface area is 208 Å². The third-order valence-electron chi connectivity index (χ3n) is 6.04. The lowest BCUT2D eigenvalue weighted by Crippen LogP contribution is -2.15. The first-order valence-corrected chi connectivity index (χ1v) is 12.9. The van der Waals surface area contributed by atoms with Crippen LogP contribution in [0.3, 0.4) is 0 Å². The summed E-state index contributed by atoms with van der Waals surface area (Å²) in [5, 5.41) is 12.3. The molecule has 0 radical (unpaired) electrons. The van der Waals surface area contributed by atoms with Crippen LogP contribution in [0.4, 0.5) is 17.3 Å². The Morgan fingerprint density at radius 3 is 2.36 bits per heavy atom. The molecule has 2 N–H and O–H groups in total. The average Bonchev–Trinajstić information content (AvgIpc) is 3.55. The zero-order valence-electron chi connectivity index (χ0n) is 20.4. The maximum absolute atomic E-state index is 13.3. The third-order valence-corrected chi connectivity index (χ3v) is 7.45. The number of hydrogen-bond donors (Lipinski definition) is 2. The highest BCUT2D eigenvalue weighted by Gasteiger charge is 2.29. The van der Waals surface area contributed by atoms with Crippen LogP contribution in [0, 0.1) is 0 Å². The standard InChI is InChI=1S/C24H27N5O6S/c1-5-29-17(14-9-10-14)13-22(26-29)25-16-12-20-15(11-21(16)34-4)24(27-35-20)28-36(30,31)23-18(32-2)7-6-8-19(23)33-3/h6-8,11-14H,5,9-10H2,1-4H3,(H,25,26)(H,27,28). The van der Waals surface area contributed by atoms with Gasteiger partial charge in [0.1, 0.15) is 17.2 Å². The van der Waals surface area contributed by atoms with Crippen molar-refractivity contribution in [3.05, 3.63) is 42.1 Å². The van der Waals surface area contributed by atoms with Crippen LogP contribution in [0.2, 0.25) is 0 Å². The average molecular weight is 514 g/mol. The van der Waals surface area contributed by atoms with Crippen molar-refractivity contribution in [3.8, 4) is 17.2 Å². The Bertz CT molecular complexity index is 1500. The van der Waals surface area contributed by atoms with Crippen LogP contribution in [0.1, 0.15) is 31.4 Å². The van der Waals surface area contributed by atoms with Crippen LogP contribution in [0.5, 0.6) is 17.2 Å². The van der Waals surface area contributed by atoms with E-state index < -0.39 is 10.0 Å². The van der Waals surface area contributed by atoms with E-state index in [1.54, 1.807) is 18.2 Å². The fraction of sp³-hybridized carbons (Fsp3) is 0.333. The van der Waals surface area contributed by atoms with Gasteiger partial charge in [0.2, 0.25) is 0 Å². The summed E-state index contributed by atoms with van der Waals surface area (Å²) >= 11 is 0. The molecular formula is C24H27N5O6S. The van der Waals surface area contributed by atoms with Crippen molar-refractivity contribution in [1.29, 1.82) is 0 Å². The van der Waals surface area contributed by atoms with Crippen molar-refractivity contribution < 1.29 is 27.2 Å². The molecule has 2 heterocycles. The maximum Gasteiger partial charge on any atom is 0.270 e. The summed E-state index contributed by atoms with van der Waals surface area (Å²) in [6.45, 7) is 2.85. The number of aryl methyl sites for hydroxylation is 1. The minimum Gasteiger partial charge on any atom is -0.495 e. The fourth-order valence-electron chi connectivity index (χ4n) is 4.16. The molecule has 1 aliphatic carbocycles. The summed E-state index contributed by atoms with van der Waals surface area (Å²) in [6, 6.07) is 10.1. The van der Waals surface area contributed by atoms with Crippen molar-refractivity contribution in [2.24, 2.45) is 0 Å². The van der Waals surface area contributed by atoms with Gasteiger partial charge in [-0.05, 0) is 38.0 Å². The fourth-order valence-corrected chi connectivity index (χ4v) is 5.49. The second kappa shape index (κ2) is 9.26. The Morgan fingerprint density at radius 1 is 1.06 bits per heavy atom. The maximum atomic E-state index is 13.3. The molecule has 0 unspecified atom stereocenters. The molecule has 0 bridgehead atoms. The van der Waals surface area contributed by atoms with Gasteiger partial charge in [0.05, 0.1) is 32.4 Å². The van der Waals surface area contributed by atoms with E-state index in [1.165, 1.54) is 52.0 Å². The van der Waals surface area contributed by atoms with E-state index in [1.807, 2.05) is 10.7 Å². The van der Waals surface area contributed by atoms with Gasteiger partial charge in [0.15, 0.2) is 22.1 Å². The predicted molar refractivity (Wildman–Crippen MR) is 134 cm³/mol. The normalized spacial score (nSPS) is 13.6. The summed E-state index contributed by atoms with van der Waals surface area (Å²) < 4.78 is 52.6. The number of nitrogens with zero attached hydrogens (tertiary/aromatic N) is 3. The first-order chi connectivity index (χ1) is 17.4. The van der Waals surface area contributed by atoms with E-state index in [0.29, 0.717) is 34.1 Å². The van der Waals surface area contributed by atoms with Gasteiger partial charge >= 0.3 is 0 Å². The lowest BCUT2D eigenvalue weighted by Gasteiger charge is -2.14. The molecule has 2 aromatic carbocycles. The molecule has 11 nitrogen and oxygen atoms in total. The van der Waals surface area contributed by atoms with Gasteiger partial charge in [-0.1, -0.05) is 11.2 Å². The van der Waals surface area contributed by atoms with Gasteiger partial charge in [0.25, 0.3) is 10.0 Å². The van der Waals surface area contributed by atoms with Crippen LogP contribution in [0.15, 0.2) is 45.8 Å². The molecule has 1 aliphatic rings. The molecule has 1 fully saturated rings. The van der Waals surface area contributed by atoms with E-state index in [9.17, 15) is 8.42 Å². The quantitative estimate of drug-likeness (QED) is 0.315. The Hall–Kier alpha value is -3.93. The monoisotopic (exact) mass is 513 g/mol. The number of ether oxygens (including phenoxy) is 3. The van der Waals surface area contributed by atoms with E-state index >= 15 is 0 Å². The second-order valence-electron chi connectivity index (χ2n) is 8.35. The number of benzene rings is 2. The molecule has 12 heteroatoms. The van der Waals surface area contributed by atoms with Crippen LogP contribution in [-0.4, -0.2) is 44.7 Å². The number of hydrogen-bond acceptors (Lipinski definition) is 9. The first-order valence-electron chi connectivity index (χ1n) is 11.4. The number of rotatable bonds is 10. The number of fused-ring (bicyclic) bond motifs is 1. The molecule has 5 rings (SSSR count). The van der Waals surface area contributed by atoms with E-state index in [0.717, 1.165) is 6.54 Å². The van der Waals surface area contributed by atoms with Crippen LogP contribution < -0.4 is 24.2 Å². The third kappa shape index (κ3) is 4.28. The number of sulfonamides is 1. The molecule has 0 amide bonds. The minimum absolute atomic E-state index is 0.00842. The summed E-state index contributed by atoms with van der Waals surface area (Å²) in [6.07, 6.45) is 2.36. The number of aromatic nitrogens is 3. The molecule has 36 heavy (non-hydrogen) atoms. The summed E-state index contributed by atoms with van der Waals surface area (Å²) in [5.41, 5.74) is 2.19. The Morgan fingerprint density at radius 2 is 1.75 bits per heavy atom.